The number of carbonyl (C=O) groups is 2. The lowest BCUT2D eigenvalue weighted by molar-refractivity contribution is -0.132. The van der Waals surface area contributed by atoms with Crippen LogP contribution in [-0.4, -0.2) is 43.1 Å². The number of piperidine rings is 1. The highest BCUT2D eigenvalue weighted by Crippen LogP contribution is 2.43. The summed E-state index contributed by atoms with van der Waals surface area (Å²) in [5.74, 6) is 1.61. The van der Waals surface area contributed by atoms with Crippen LogP contribution in [0.2, 0.25) is 0 Å². The van der Waals surface area contributed by atoms with Crippen LogP contribution in [0.1, 0.15) is 55.9 Å². The van der Waals surface area contributed by atoms with Gasteiger partial charge in [0.2, 0.25) is 0 Å². The predicted molar refractivity (Wildman–Crippen MR) is 149 cm³/mol. The van der Waals surface area contributed by atoms with Gasteiger partial charge in [0, 0.05) is 37.6 Å². The molecule has 0 bridgehead atoms. The summed E-state index contributed by atoms with van der Waals surface area (Å²) in [6, 6.07) is 20.7. The van der Waals surface area contributed by atoms with Crippen LogP contribution >= 0.6 is 0 Å². The van der Waals surface area contributed by atoms with Crippen LogP contribution in [-0.2, 0) is 9.59 Å². The minimum Gasteiger partial charge on any atom is -0.492 e. The van der Waals surface area contributed by atoms with Crippen molar-refractivity contribution in [3.05, 3.63) is 83.4 Å². The third kappa shape index (κ3) is 6.86. The molecular formula is C32H33NO6. The summed E-state index contributed by atoms with van der Waals surface area (Å²) >= 11 is 0. The molecule has 2 aliphatic rings. The van der Waals surface area contributed by atoms with Crippen LogP contribution in [0.3, 0.4) is 0 Å². The summed E-state index contributed by atoms with van der Waals surface area (Å²) in [6.45, 7) is 6.65. The monoisotopic (exact) mass is 527 g/mol. The van der Waals surface area contributed by atoms with Crippen molar-refractivity contribution < 1.29 is 28.5 Å². The van der Waals surface area contributed by atoms with Crippen molar-refractivity contribution in [1.82, 2.24) is 4.90 Å². The van der Waals surface area contributed by atoms with Gasteiger partial charge >= 0.3 is 11.9 Å². The van der Waals surface area contributed by atoms with E-state index in [-0.39, 0.29) is 11.9 Å². The van der Waals surface area contributed by atoms with Crippen molar-refractivity contribution in [3.8, 4) is 23.0 Å². The van der Waals surface area contributed by atoms with Gasteiger partial charge in [-0.25, -0.2) is 0 Å². The Morgan fingerprint density at radius 2 is 1.46 bits per heavy atom. The molecule has 3 aromatic rings. The topological polar surface area (TPSA) is 74.3 Å². The molecule has 2 aliphatic heterocycles. The lowest BCUT2D eigenvalue weighted by Gasteiger charge is -2.28. The average Bonchev–Trinajstić information content (AvgIpc) is 2.93. The molecule has 1 atom stereocenters. The zero-order valence-electron chi connectivity index (χ0n) is 22.4. The van der Waals surface area contributed by atoms with Gasteiger partial charge in [-0.2, -0.15) is 0 Å². The highest BCUT2D eigenvalue weighted by molar-refractivity contribution is 5.88. The molecule has 202 valence electrons. The van der Waals surface area contributed by atoms with E-state index in [4.69, 9.17) is 18.9 Å². The van der Waals surface area contributed by atoms with Gasteiger partial charge in [0.25, 0.3) is 0 Å². The Labute approximate surface area is 228 Å². The molecule has 0 aliphatic carbocycles. The number of hydrogen-bond acceptors (Lipinski definition) is 7. The Balaban J connectivity index is 1.38. The molecule has 3 aromatic carbocycles. The summed E-state index contributed by atoms with van der Waals surface area (Å²) in [4.78, 5) is 25.3. The number of benzene rings is 3. The molecular weight excluding hydrogens is 494 g/mol. The number of likely N-dealkylation sites (tertiary alicyclic amines) is 1. The van der Waals surface area contributed by atoms with Crippen molar-refractivity contribution in [2.45, 2.75) is 39.2 Å². The van der Waals surface area contributed by atoms with Crippen molar-refractivity contribution in [2.24, 2.45) is 0 Å². The molecule has 7 heteroatoms. The molecule has 0 saturated carbocycles. The Morgan fingerprint density at radius 1 is 0.821 bits per heavy atom. The Kier molecular flexibility index (Phi) is 8.27. The maximum atomic E-state index is 11.5. The second-order valence-corrected chi connectivity index (χ2v) is 9.83. The van der Waals surface area contributed by atoms with Crippen molar-refractivity contribution in [2.75, 3.05) is 26.2 Å². The van der Waals surface area contributed by atoms with Crippen LogP contribution in [0.5, 0.6) is 23.0 Å². The Bertz CT molecular complexity index is 1340. The van der Waals surface area contributed by atoms with E-state index in [0.717, 1.165) is 47.6 Å². The van der Waals surface area contributed by atoms with Crippen LogP contribution in [0.4, 0.5) is 0 Å². The second-order valence-electron chi connectivity index (χ2n) is 9.83. The molecule has 0 radical (unpaired) electrons. The lowest BCUT2D eigenvalue weighted by Crippen LogP contribution is -2.33. The molecule has 2 heterocycles. The molecule has 5 rings (SSSR count). The molecule has 1 unspecified atom stereocenters. The zero-order valence-corrected chi connectivity index (χ0v) is 22.4. The third-order valence-electron chi connectivity index (χ3n) is 6.84. The first-order chi connectivity index (χ1) is 18.9. The zero-order chi connectivity index (χ0) is 27.2. The fourth-order valence-electron chi connectivity index (χ4n) is 4.98. The third-order valence-corrected chi connectivity index (χ3v) is 6.84. The van der Waals surface area contributed by atoms with Crippen molar-refractivity contribution in [1.29, 1.82) is 0 Å². The predicted octanol–water partition coefficient (Wildman–Crippen LogP) is 6.08. The highest BCUT2D eigenvalue weighted by Gasteiger charge is 2.26. The first kappa shape index (κ1) is 26.5. The normalized spacial score (nSPS) is 16.9. The summed E-state index contributed by atoms with van der Waals surface area (Å²) in [7, 11) is 0. The first-order valence-corrected chi connectivity index (χ1v) is 13.4. The van der Waals surface area contributed by atoms with Gasteiger partial charge in [-0.05, 0) is 79.5 Å². The van der Waals surface area contributed by atoms with E-state index < -0.39 is 6.10 Å². The molecule has 1 fully saturated rings. The standard InChI is InChI=1S/C32H33NO6/c1-22(34)37-28-13-6-24(7-14-28)30-20-26-10-15-29(38-23(2)35)21-31(26)39-32(30)25-8-11-27(12-9-25)36-19-18-33-16-4-3-5-17-33/h6-15,20-21,32H,3-5,16-19H2,1-2H3. The SMILES string of the molecule is CC(=O)Oc1ccc(C2=Cc3ccc(OC(C)=O)cc3OC2c2ccc(OCCN3CCCCC3)cc2)cc1. The maximum absolute atomic E-state index is 11.5. The summed E-state index contributed by atoms with van der Waals surface area (Å²) < 4.78 is 23.0. The van der Waals surface area contributed by atoms with E-state index in [9.17, 15) is 9.59 Å². The van der Waals surface area contributed by atoms with Gasteiger partial charge < -0.3 is 18.9 Å². The van der Waals surface area contributed by atoms with Gasteiger partial charge in [-0.3, -0.25) is 14.5 Å². The summed E-state index contributed by atoms with van der Waals surface area (Å²) in [5.41, 5.74) is 3.72. The van der Waals surface area contributed by atoms with Crippen LogP contribution < -0.4 is 18.9 Å². The van der Waals surface area contributed by atoms with Gasteiger partial charge in [0.05, 0.1) is 0 Å². The van der Waals surface area contributed by atoms with E-state index in [0.29, 0.717) is 23.9 Å². The van der Waals surface area contributed by atoms with E-state index in [1.54, 1.807) is 24.3 Å². The average molecular weight is 528 g/mol. The Hall–Kier alpha value is -4.10. The van der Waals surface area contributed by atoms with Gasteiger partial charge in [0.15, 0.2) is 0 Å². The number of carbonyl (C=O) groups excluding carboxylic acids is 2. The van der Waals surface area contributed by atoms with Crippen LogP contribution in [0.15, 0.2) is 66.7 Å². The summed E-state index contributed by atoms with van der Waals surface area (Å²) in [6.07, 6.45) is 5.52. The number of fused-ring (bicyclic) bond motifs is 1. The van der Waals surface area contributed by atoms with Gasteiger partial charge in [-0.15, -0.1) is 0 Å². The Morgan fingerprint density at radius 3 is 2.15 bits per heavy atom. The highest BCUT2D eigenvalue weighted by atomic mass is 16.5. The number of nitrogens with zero attached hydrogens (tertiary/aromatic N) is 1. The first-order valence-electron chi connectivity index (χ1n) is 13.4. The van der Waals surface area contributed by atoms with Gasteiger partial charge in [0.1, 0.15) is 35.7 Å². The quantitative estimate of drug-likeness (QED) is 0.260. The minimum absolute atomic E-state index is 0.364. The van der Waals surface area contributed by atoms with Crippen molar-refractivity contribution in [3.63, 3.8) is 0 Å². The largest absolute Gasteiger partial charge is 0.492 e. The number of rotatable bonds is 8. The van der Waals surface area contributed by atoms with Crippen LogP contribution in [0, 0.1) is 0 Å². The van der Waals surface area contributed by atoms with E-state index in [2.05, 4.69) is 11.0 Å². The summed E-state index contributed by atoms with van der Waals surface area (Å²) in [5, 5.41) is 0. The minimum atomic E-state index is -0.410. The lowest BCUT2D eigenvalue weighted by atomic mass is 9.91. The second kappa shape index (κ2) is 12.2. The molecule has 1 saturated heterocycles. The van der Waals surface area contributed by atoms with E-state index in [1.807, 2.05) is 42.5 Å². The fraction of sp³-hybridized carbons (Fsp3) is 0.312. The molecule has 39 heavy (non-hydrogen) atoms. The number of ether oxygens (including phenoxy) is 4. The smallest absolute Gasteiger partial charge is 0.308 e. The van der Waals surface area contributed by atoms with Gasteiger partial charge in [-0.1, -0.05) is 30.7 Å². The molecule has 0 spiro atoms. The number of hydrogen-bond donors (Lipinski definition) is 0. The number of esters is 2. The molecule has 0 aromatic heterocycles. The van der Waals surface area contributed by atoms with Crippen LogP contribution in [0.25, 0.3) is 11.6 Å². The van der Waals surface area contributed by atoms with Crippen molar-refractivity contribution >= 4 is 23.6 Å². The van der Waals surface area contributed by atoms with E-state index in [1.165, 1.54) is 33.1 Å². The molecule has 0 amide bonds. The molecule has 7 nitrogen and oxygen atoms in total. The fourth-order valence-corrected chi connectivity index (χ4v) is 4.98. The maximum Gasteiger partial charge on any atom is 0.308 e. The molecule has 0 N–H and O–H groups in total. The van der Waals surface area contributed by atoms with E-state index >= 15 is 0 Å².